The molecule has 1 aliphatic heterocycles. The van der Waals surface area contributed by atoms with Crippen molar-refractivity contribution in [1.82, 2.24) is 10.2 Å². The average molecular weight is 288 g/mol. The van der Waals surface area contributed by atoms with Crippen molar-refractivity contribution in [2.45, 2.75) is 39.1 Å². The third kappa shape index (κ3) is 4.99. The molecule has 0 bridgehead atoms. The lowest BCUT2D eigenvalue weighted by atomic mass is 10.1. The standard InChI is InChI=1S/C17H24N2O2/c1-4-17(20)18-9-15-5-7-16(8-6-15)12-19-10-13(2)21-14(3)11-19/h4-8,13-14H,1,9-12H2,2-3H3,(H,18,20). The van der Waals surface area contributed by atoms with Gasteiger partial charge in [0.15, 0.2) is 0 Å². The summed E-state index contributed by atoms with van der Waals surface area (Å²) in [5.41, 5.74) is 2.38. The average Bonchev–Trinajstić information content (AvgIpc) is 2.45. The highest BCUT2D eigenvalue weighted by atomic mass is 16.5. The zero-order valence-corrected chi connectivity index (χ0v) is 12.8. The molecule has 4 nitrogen and oxygen atoms in total. The maximum Gasteiger partial charge on any atom is 0.243 e. The third-order valence-electron chi connectivity index (χ3n) is 3.58. The molecule has 1 aromatic rings. The second-order valence-electron chi connectivity index (χ2n) is 5.69. The summed E-state index contributed by atoms with van der Waals surface area (Å²) >= 11 is 0. The van der Waals surface area contributed by atoms with Gasteiger partial charge in [-0.3, -0.25) is 9.69 Å². The van der Waals surface area contributed by atoms with Gasteiger partial charge >= 0.3 is 0 Å². The van der Waals surface area contributed by atoms with Crippen LogP contribution in [0.4, 0.5) is 0 Å². The minimum atomic E-state index is -0.143. The van der Waals surface area contributed by atoms with Crippen LogP contribution in [0.2, 0.25) is 0 Å². The van der Waals surface area contributed by atoms with E-state index in [-0.39, 0.29) is 5.91 Å². The van der Waals surface area contributed by atoms with Crippen molar-refractivity contribution in [1.29, 1.82) is 0 Å². The van der Waals surface area contributed by atoms with Crippen molar-refractivity contribution < 1.29 is 9.53 Å². The summed E-state index contributed by atoms with van der Waals surface area (Å²) < 4.78 is 5.75. The number of hydrogen-bond donors (Lipinski definition) is 1. The molecule has 2 atom stereocenters. The smallest absolute Gasteiger partial charge is 0.243 e. The Balaban J connectivity index is 1.87. The molecular weight excluding hydrogens is 264 g/mol. The molecule has 0 aromatic heterocycles. The van der Waals surface area contributed by atoms with Gasteiger partial charge in [-0.1, -0.05) is 30.8 Å². The molecule has 0 spiro atoms. The lowest BCUT2D eigenvalue weighted by Gasteiger charge is -2.35. The number of amides is 1. The number of carbonyl (C=O) groups excluding carboxylic acids is 1. The van der Waals surface area contributed by atoms with Crippen molar-refractivity contribution in [2.24, 2.45) is 0 Å². The number of benzene rings is 1. The van der Waals surface area contributed by atoms with Crippen molar-refractivity contribution >= 4 is 5.91 Å². The maximum absolute atomic E-state index is 11.1. The van der Waals surface area contributed by atoms with Crippen LogP contribution in [0.25, 0.3) is 0 Å². The van der Waals surface area contributed by atoms with Crippen molar-refractivity contribution in [3.05, 3.63) is 48.0 Å². The van der Waals surface area contributed by atoms with Crippen LogP contribution in [-0.4, -0.2) is 36.1 Å². The monoisotopic (exact) mass is 288 g/mol. The fourth-order valence-corrected chi connectivity index (χ4v) is 2.70. The first kappa shape index (κ1) is 15.7. The number of morpholine rings is 1. The van der Waals surface area contributed by atoms with E-state index < -0.39 is 0 Å². The second-order valence-corrected chi connectivity index (χ2v) is 5.69. The number of nitrogens with one attached hydrogen (secondary N) is 1. The molecule has 0 aliphatic carbocycles. The molecule has 114 valence electrons. The summed E-state index contributed by atoms with van der Waals surface area (Å²) in [5.74, 6) is -0.143. The van der Waals surface area contributed by atoms with Crippen LogP contribution in [-0.2, 0) is 22.6 Å². The van der Waals surface area contributed by atoms with E-state index in [0.717, 1.165) is 25.2 Å². The van der Waals surface area contributed by atoms with Crippen molar-refractivity contribution in [3.8, 4) is 0 Å². The topological polar surface area (TPSA) is 41.6 Å². The number of carbonyl (C=O) groups is 1. The highest BCUT2D eigenvalue weighted by molar-refractivity contribution is 5.86. The molecule has 2 unspecified atom stereocenters. The summed E-state index contributed by atoms with van der Waals surface area (Å²) in [6.45, 7) is 11.1. The van der Waals surface area contributed by atoms with Crippen LogP contribution in [0, 0.1) is 0 Å². The zero-order chi connectivity index (χ0) is 15.2. The molecule has 1 heterocycles. The van der Waals surface area contributed by atoms with E-state index in [1.807, 2.05) is 0 Å². The van der Waals surface area contributed by atoms with E-state index in [1.165, 1.54) is 11.6 Å². The number of hydrogen-bond acceptors (Lipinski definition) is 3. The van der Waals surface area contributed by atoms with E-state index in [2.05, 4.69) is 54.9 Å². The van der Waals surface area contributed by atoms with Gasteiger partial charge in [0, 0.05) is 26.2 Å². The predicted octanol–water partition coefficient (Wildman–Crippen LogP) is 2.10. The Morgan fingerprint density at radius 2 is 1.86 bits per heavy atom. The van der Waals surface area contributed by atoms with Crippen molar-refractivity contribution in [2.75, 3.05) is 13.1 Å². The van der Waals surface area contributed by atoms with E-state index in [1.54, 1.807) is 0 Å². The summed E-state index contributed by atoms with van der Waals surface area (Å²) in [6.07, 6.45) is 1.87. The molecular formula is C17H24N2O2. The molecule has 21 heavy (non-hydrogen) atoms. The summed E-state index contributed by atoms with van der Waals surface area (Å²) in [5, 5.41) is 2.78. The molecule has 1 fully saturated rings. The lowest BCUT2D eigenvalue weighted by Crippen LogP contribution is -2.44. The Labute approximate surface area is 126 Å². The van der Waals surface area contributed by atoms with Gasteiger partial charge in [0.25, 0.3) is 0 Å². The van der Waals surface area contributed by atoms with Crippen LogP contribution in [0.15, 0.2) is 36.9 Å². The first-order valence-corrected chi connectivity index (χ1v) is 7.42. The molecule has 1 N–H and O–H groups in total. The van der Waals surface area contributed by atoms with E-state index >= 15 is 0 Å². The van der Waals surface area contributed by atoms with Crippen LogP contribution in [0.5, 0.6) is 0 Å². The first-order valence-electron chi connectivity index (χ1n) is 7.42. The first-order chi connectivity index (χ1) is 10.1. The predicted molar refractivity (Wildman–Crippen MR) is 83.8 cm³/mol. The Hall–Kier alpha value is -1.65. The third-order valence-corrected chi connectivity index (χ3v) is 3.58. The van der Waals surface area contributed by atoms with Crippen LogP contribution in [0.3, 0.4) is 0 Å². The van der Waals surface area contributed by atoms with Gasteiger partial charge in [-0.05, 0) is 31.1 Å². The van der Waals surface area contributed by atoms with Gasteiger partial charge in [0.2, 0.25) is 5.91 Å². The normalized spacial score (nSPS) is 22.8. The van der Waals surface area contributed by atoms with Gasteiger partial charge in [0.1, 0.15) is 0 Å². The Kier molecular flexibility index (Phi) is 5.53. The quantitative estimate of drug-likeness (QED) is 0.844. The summed E-state index contributed by atoms with van der Waals surface area (Å²) in [6, 6.07) is 8.37. The summed E-state index contributed by atoms with van der Waals surface area (Å²) in [7, 11) is 0. The minimum absolute atomic E-state index is 0.143. The molecule has 2 rings (SSSR count). The molecule has 1 amide bonds. The largest absolute Gasteiger partial charge is 0.373 e. The highest BCUT2D eigenvalue weighted by Crippen LogP contribution is 2.14. The van der Waals surface area contributed by atoms with Gasteiger partial charge in [-0.15, -0.1) is 0 Å². The van der Waals surface area contributed by atoms with Gasteiger partial charge < -0.3 is 10.1 Å². The number of ether oxygens (including phenoxy) is 1. The van der Waals surface area contributed by atoms with E-state index in [9.17, 15) is 4.79 Å². The zero-order valence-electron chi connectivity index (χ0n) is 12.8. The lowest BCUT2D eigenvalue weighted by molar-refractivity contribution is -0.116. The SMILES string of the molecule is C=CC(=O)NCc1ccc(CN2CC(C)OC(C)C2)cc1. The summed E-state index contributed by atoms with van der Waals surface area (Å²) in [4.78, 5) is 13.6. The Bertz CT molecular complexity index is 474. The fraction of sp³-hybridized carbons (Fsp3) is 0.471. The molecule has 4 heteroatoms. The van der Waals surface area contributed by atoms with Crippen LogP contribution in [0.1, 0.15) is 25.0 Å². The minimum Gasteiger partial charge on any atom is -0.373 e. The highest BCUT2D eigenvalue weighted by Gasteiger charge is 2.21. The molecule has 0 radical (unpaired) electrons. The Morgan fingerprint density at radius 3 is 2.43 bits per heavy atom. The van der Waals surface area contributed by atoms with Crippen LogP contribution < -0.4 is 5.32 Å². The molecule has 1 aliphatic rings. The van der Waals surface area contributed by atoms with Gasteiger partial charge in [-0.2, -0.15) is 0 Å². The second kappa shape index (κ2) is 7.38. The van der Waals surface area contributed by atoms with E-state index in [0.29, 0.717) is 18.8 Å². The maximum atomic E-state index is 11.1. The van der Waals surface area contributed by atoms with Crippen LogP contribution >= 0.6 is 0 Å². The van der Waals surface area contributed by atoms with Gasteiger partial charge in [-0.25, -0.2) is 0 Å². The van der Waals surface area contributed by atoms with Gasteiger partial charge in [0.05, 0.1) is 12.2 Å². The fourth-order valence-electron chi connectivity index (χ4n) is 2.70. The molecule has 1 saturated heterocycles. The van der Waals surface area contributed by atoms with E-state index in [4.69, 9.17) is 4.74 Å². The molecule has 0 saturated carbocycles. The Morgan fingerprint density at radius 1 is 1.29 bits per heavy atom. The number of nitrogens with zero attached hydrogens (tertiary/aromatic N) is 1. The number of rotatable bonds is 5. The molecule has 1 aromatic carbocycles. The van der Waals surface area contributed by atoms with Crippen molar-refractivity contribution in [3.63, 3.8) is 0 Å².